The average Bonchev–Trinajstić information content (AvgIpc) is 2.93. The van der Waals surface area contributed by atoms with Gasteiger partial charge in [0.25, 0.3) is 0 Å². The Morgan fingerprint density at radius 1 is 0.881 bits per heavy atom. The summed E-state index contributed by atoms with van der Waals surface area (Å²) in [4.78, 5) is 91.5. The van der Waals surface area contributed by atoms with Gasteiger partial charge in [-0.15, -0.1) is 0 Å². The highest BCUT2D eigenvalue weighted by Gasteiger charge is 2.30. The first-order valence-electron chi connectivity index (χ1n) is 13.2. The van der Waals surface area contributed by atoms with Gasteiger partial charge in [-0.05, 0) is 38.6 Å². The van der Waals surface area contributed by atoms with Gasteiger partial charge in [0.05, 0.1) is 19.5 Å². The summed E-state index contributed by atoms with van der Waals surface area (Å²) in [5.41, 5.74) is 16.2. The second-order valence-corrected chi connectivity index (χ2v) is 9.68. The first-order valence-corrected chi connectivity index (χ1v) is 13.8. The Kier molecular flexibility index (Phi) is 16.3. The van der Waals surface area contributed by atoms with Gasteiger partial charge in [-0.3, -0.25) is 33.8 Å². The number of thiol groups is 1. The number of aliphatic carboxylic acids is 1. The third kappa shape index (κ3) is 14.0. The molecule has 1 fully saturated rings. The molecule has 42 heavy (non-hydrogen) atoms. The Balaban J connectivity index is 3.18. The Labute approximate surface area is 247 Å². The molecule has 18 nitrogen and oxygen atoms in total. The Morgan fingerprint density at radius 2 is 1.43 bits per heavy atom. The number of nitrogens with two attached hydrogens (primary N) is 3. The van der Waals surface area contributed by atoms with Crippen molar-refractivity contribution < 1.29 is 38.7 Å². The second kappa shape index (κ2) is 19.1. The van der Waals surface area contributed by atoms with Gasteiger partial charge in [-0.1, -0.05) is 0 Å². The van der Waals surface area contributed by atoms with Crippen molar-refractivity contribution in [3.8, 4) is 0 Å². The maximum absolute atomic E-state index is 13.1. The summed E-state index contributed by atoms with van der Waals surface area (Å²) in [5.74, 6) is -6.59. The van der Waals surface area contributed by atoms with E-state index in [9.17, 15) is 33.6 Å². The van der Waals surface area contributed by atoms with Crippen molar-refractivity contribution in [2.45, 2.75) is 62.7 Å². The van der Waals surface area contributed by atoms with Crippen LogP contribution in [0.5, 0.6) is 0 Å². The van der Waals surface area contributed by atoms with E-state index in [0.29, 0.717) is 19.4 Å². The van der Waals surface area contributed by atoms with Crippen LogP contribution < -0.4 is 49.1 Å². The number of carboxylic acids is 1. The molecule has 1 aliphatic heterocycles. The lowest BCUT2D eigenvalue weighted by molar-refractivity contribution is -0.141. The zero-order valence-electron chi connectivity index (χ0n) is 23.0. The number of amides is 6. The molecule has 0 aromatic carbocycles. The van der Waals surface area contributed by atoms with Gasteiger partial charge in [-0.25, -0.2) is 4.79 Å². The molecule has 0 spiro atoms. The molecule has 1 rings (SSSR count). The van der Waals surface area contributed by atoms with Gasteiger partial charge in [0.15, 0.2) is 5.96 Å². The number of nitrogens with zero attached hydrogens (tertiary/aromatic N) is 1. The van der Waals surface area contributed by atoms with Crippen LogP contribution >= 0.6 is 12.6 Å². The van der Waals surface area contributed by atoms with Crippen LogP contribution in [0.3, 0.4) is 0 Å². The number of nitrogens with one attached hydrogen (secondary N) is 6. The summed E-state index contributed by atoms with van der Waals surface area (Å²) in [7, 11) is 0. The summed E-state index contributed by atoms with van der Waals surface area (Å²) in [6.07, 6.45) is 0.905. The summed E-state index contributed by atoms with van der Waals surface area (Å²) < 4.78 is 0. The standard InChI is InChI=1S/C23H40N10O8S/c24-6-2-1-4-13-21(39)33-12(5-3-7-27-23(25)26)19(37)28-10-18(36)31-14(20(38)29-9-17(35)30-13)8-16(34)32-15(11-42)22(40)41/h12-15,42H,1-11,24H2,(H,28,37)(H,29,38)(H,30,35)(H,31,36)(H,32,34)(H,33,39)(H,40,41)(H4,25,26,27)/t12-,13-,14-,15+/m0/s1. The van der Waals surface area contributed by atoms with Crippen molar-refractivity contribution in [3.63, 3.8) is 0 Å². The minimum absolute atomic E-state index is 0.0815. The number of aliphatic imine (C=N–C) groups is 1. The predicted octanol–water partition coefficient (Wildman–Crippen LogP) is -5.24. The predicted molar refractivity (Wildman–Crippen MR) is 153 cm³/mol. The van der Waals surface area contributed by atoms with Crippen LogP contribution in [0.25, 0.3) is 0 Å². The van der Waals surface area contributed by atoms with Crippen molar-refractivity contribution in [3.05, 3.63) is 0 Å². The molecule has 0 saturated carbocycles. The zero-order chi connectivity index (χ0) is 31.7. The third-order valence-electron chi connectivity index (χ3n) is 5.88. The van der Waals surface area contributed by atoms with Gasteiger partial charge >= 0.3 is 5.97 Å². The van der Waals surface area contributed by atoms with Crippen LogP contribution in [0.2, 0.25) is 0 Å². The van der Waals surface area contributed by atoms with E-state index < -0.39 is 85.1 Å². The minimum atomic E-state index is -1.53. The van der Waals surface area contributed by atoms with Crippen molar-refractivity contribution in [2.24, 2.45) is 22.2 Å². The van der Waals surface area contributed by atoms with E-state index in [-0.39, 0.29) is 37.5 Å². The molecule has 13 N–H and O–H groups in total. The molecule has 6 amide bonds. The summed E-state index contributed by atoms with van der Waals surface area (Å²) in [5, 5.41) is 23.3. The monoisotopic (exact) mass is 616 g/mol. The van der Waals surface area contributed by atoms with Gasteiger partial charge in [-0.2, -0.15) is 12.6 Å². The number of carboxylic acid groups (broad SMARTS) is 1. The van der Waals surface area contributed by atoms with Crippen molar-refractivity contribution in [1.29, 1.82) is 0 Å². The number of hydrogen-bond donors (Lipinski definition) is 11. The van der Waals surface area contributed by atoms with E-state index in [4.69, 9.17) is 22.3 Å². The normalized spacial score (nSPS) is 21.2. The van der Waals surface area contributed by atoms with E-state index in [0.717, 1.165) is 0 Å². The lowest BCUT2D eigenvalue weighted by Crippen LogP contribution is -2.55. The minimum Gasteiger partial charge on any atom is -0.480 e. The molecule has 0 aromatic heterocycles. The summed E-state index contributed by atoms with van der Waals surface area (Å²) >= 11 is 3.85. The summed E-state index contributed by atoms with van der Waals surface area (Å²) in [6.45, 7) is -0.727. The van der Waals surface area contributed by atoms with E-state index in [2.05, 4.69) is 49.5 Å². The Morgan fingerprint density at radius 3 is 1.98 bits per heavy atom. The highest BCUT2D eigenvalue weighted by molar-refractivity contribution is 7.80. The van der Waals surface area contributed by atoms with Gasteiger partial charge in [0, 0.05) is 12.3 Å². The summed E-state index contributed by atoms with van der Waals surface area (Å²) in [6, 6.07) is -5.09. The zero-order valence-corrected chi connectivity index (χ0v) is 23.9. The van der Waals surface area contributed by atoms with E-state index in [1.54, 1.807) is 0 Å². The maximum Gasteiger partial charge on any atom is 0.327 e. The number of carbonyl (C=O) groups is 7. The van der Waals surface area contributed by atoms with Gasteiger partial charge in [0.1, 0.15) is 24.2 Å². The van der Waals surface area contributed by atoms with E-state index in [1.807, 2.05) is 0 Å². The van der Waals surface area contributed by atoms with Gasteiger partial charge in [0.2, 0.25) is 35.4 Å². The first-order chi connectivity index (χ1) is 19.9. The first kappa shape index (κ1) is 35.9. The molecule has 1 saturated heterocycles. The SMILES string of the molecule is NCCCC[C@@H]1NC(=O)CNC(=O)[C@H](CC(=O)N[C@H](CS)C(=O)O)NC(=O)CNC(=O)[C@H](CCCN=C(N)N)NC1=O. The molecule has 0 unspecified atom stereocenters. The van der Waals surface area contributed by atoms with Crippen molar-refractivity contribution >= 4 is 60.0 Å². The van der Waals surface area contributed by atoms with Crippen LogP contribution in [0, 0.1) is 0 Å². The molecule has 1 heterocycles. The smallest absolute Gasteiger partial charge is 0.327 e. The number of hydrogen-bond acceptors (Lipinski definition) is 10. The molecule has 0 aliphatic carbocycles. The number of carbonyl (C=O) groups excluding carboxylic acids is 6. The highest BCUT2D eigenvalue weighted by Crippen LogP contribution is 2.05. The van der Waals surface area contributed by atoms with Crippen LogP contribution in [0.15, 0.2) is 4.99 Å². The quantitative estimate of drug-likeness (QED) is 0.0402. The molecule has 4 atom stereocenters. The van der Waals surface area contributed by atoms with Crippen LogP contribution in [0.4, 0.5) is 0 Å². The second-order valence-electron chi connectivity index (χ2n) is 9.32. The maximum atomic E-state index is 13.1. The topological polar surface area (TPSA) is 302 Å². The lowest BCUT2D eigenvalue weighted by Gasteiger charge is -2.23. The fourth-order valence-corrected chi connectivity index (χ4v) is 3.96. The lowest BCUT2D eigenvalue weighted by atomic mass is 10.1. The molecular weight excluding hydrogens is 576 g/mol. The van der Waals surface area contributed by atoms with E-state index in [1.165, 1.54) is 0 Å². The molecule has 1 aliphatic rings. The number of guanidine groups is 1. The molecule has 19 heteroatoms. The van der Waals surface area contributed by atoms with E-state index >= 15 is 0 Å². The third-order valence-corrected chi connectivity index (χ3v) is 6.25. The van der Waals surface area contributed by atoms with Gasteiger partial charge < -0.3 is 54.2 Å². The fourth-order valence-electron chi connectivity index (χ4n) is 3.71. The molecule has 236 valence electrons. The van der Waals surface area contributed by atoms with Crippen LogP contribution in [-0.4, -0.2) is 109 Å². The molecule has 0 bridgehead atoms. The fraction of sp³-hybridized carbons (Fsp3) is 0.652. The van der Waals surface area contributed by atoms with Crippen molar-refractivity contribution in [1.82, 2.24) is 31.9 Å². The average molecular weight is 617 g/mol. The molecule has 0 radical (unpaired) electrons. The Bertz CT molecular complexity index is 1020. The van der Waals surface area contributed by atoms with Crippen LogP contribution in [-0.2, 0) is 33.6 Å². The Hall–Kier alpha value is -4.13. The van der Waals surface area contributed by atoms with Crippen molar-refractivity contribution in [2.75, 3.05) is 31.9 Å². The van der Waals surface area contributed by atoms with Crippen LogP contribution in [0.1, 0.15) is 38.5 Å². The number of unbranched alkanes of at least 4 members (excludes halogenated alkanes) is 1. The number of rotatable bonds is 13. The molecular formula is C23H40N10O8S. The largest absolute Gasteiger partial charge is 0.480 e. The molecule has 0 aromatic rings. The highest BCUT2D eigenvalue weighted by atomic mass is 32.1.